The number of hydrogen-bond donors (Lipinski definition) is 1. The summed E-state index contributed by atoms with van der Waals surface area (Å²) >= 11 is 8.17. The monoisotopic (exact) mass is 411 g/mol. The Morgan fingerprint density at radius 2 is 2.40 bits per heavy atom. The number of aliphatic hydroxyl groups excluding tert-OH is 1. The van der Waals surface area contributed by atoms with Gasteiger partial charge < -0.3 is 19.5 Å². The SMILES string of the molecule is COc1cc(I)c(Cl)cc1C(=O)N1CCOC(CO)C1. The minimum atomic E-state index is -0.335. The fourth-order valence-electron chi connectivity index (χ4n) is 2.05. The summed E-state index contributed by atoms with van der Waals surface area (Å²) in [4.78, 5) is 14.2. The van der Waals surface area contributed by atoms with Gasteiger partial charge in [-0.15, -0.1) is 0 Å². The van der Waals surface area contributed by atoms with Gasteiger partial charge in [0.2, 0.25) is 0 Å². The van der Waals surface area contributed by atoms with E-state index in [0.29, 0.717) is 36.0 Å². The van der Waals surface area contributed by atoms with Gasteiger partial charge in [-0.25, -0.2) is 0 Å². The number of carbonyl (C=O) groups is 1. The molecule has 1 unspecified atom stereocenters. The number of nitrogens with zero attached hydrogens (tertiary/aromatic N) is 1. The van der Waals surface area contributed by atoms with Crippen LogP contribution in [0.1, 0.15) is 10.4 Å². The molecule has 0 bridgehead atoms. The molecule has 0 aromatic heterocycles. The molecule has 0 spiro atoms. The fraction of sp³-hybridized carbons (Fsp3) is 0.462. The number of hydrogen-bond acceptors (Lipinski definition) is 4. The van der Waals surface area contributed by atoms with Gasteiger partial charge in [0.25, 0.3) is 5.91 Å². The Morgan fingerprint density at radius 1 is 1.65 bits per heavy atom. The summed E-state index contributed by atoms with van der Waals surface area (Å²) in [6, 6.07) is 3.36. The third-order valence-corrected chi connectivity index (χ3v) is 4.63. The molecular weight excluding hydrogens is 397 g/mol. The molecule has 20 heavy (non-hydrogen) atoms. The van der Waals surface area contributed by atoms with Crippen molar-refractivity contribution in [3.05, 3.63) is 26.3 Å². The number of amides is 1. The van der Waals surface area contributed by atoms with Crippen molar-refractivity contribution >= 4 is 40.1 Å². The van der Waals surface area contributed by atoms with Crippen LogP contribution in [0.4, 0.5) is 0 Å². The number of carbonyl (C=O) groups excluding carboxylic acids is 1. The van der Waals surface area contributed by atoms with Crippen molar-refractivity contribution in [3.63, 3.8) is 0 Å². The number of ether oxygens (including phenoxy) is 2. The molecule has 2 rings (SSSR count). The third kappa shape index (κ3) is 3.36. The van der Waals surface area contributed by atoms with Gasteiger partial charge in [0.15, 0.2) is 0 Å². The highest BCUT2D eigenvalue weighted by Crippen LogP contribution is 2.29. The van der Waals surface area contributed by atoms with Crippen LogP contribution in [0, 0.1) is 3.57 Å². The zero-order valence-electron chi connectivity index (χ0n) is 10.9. The Morgan fingerprint density at radius 3 is 3.05 bits per heavy atom. The molecule has 0 saturated carbocycles. The maximum Gasteiger partial charge on any atom is 0.257 e. The molecule has 5 nitrogen and oxygen atoms in total. The lowest BCUT2D eigenvalue weighted by atomic mass is 10.1. The maximum absolute atomic E-state index is 12.6. The van der Waals surface area contributed by atoms with E-state index in [4.69, 9.17) is 26.2 Å². The van der Waals surface area contributed by atoms with E-state index in [-0.39, 0.29) is 18.6 Å². The topological polar surface area (TPSA) is 59.0 Å². The normalized spacial score (nSPS) is 19.0. The lowest BCUT2D eigenvalue weighted by Crippen LogP contribution is -2.47. The van der Waals surface area contributed by atoms with Gasteiger partial charge >= 0.3 is 0 Å². The molecule has 1 atom stereocenters. The Bertz CT molecular complexity index is 511. The number of aliphatic hydroxyl groups is 1. The first kappa shape index (κ1) is 15.8. The summed E-state index contributed by atoms with van der Waals surface area (Å²) in [6.07, 6.45) is -0.335. The number of morpholine rings is 1. The first-order valence-electron chi connectivity index (χ1n) is 6.11. The van der Waals surface area contributed by atoms with E-state index >= 15 is 0 Å². The number of methoxy groups -OCH3 is 1. The Hall–Kier alpha value is -0.570. The Balaban J connectivity index is 2.26. The number of halogens is 2. The highest BCUT2D eigenvalue weighted by atomic mass is 127. The quantitative estimate of drug-likeness (QED) is 0.771. The molecule has 1 aliphatic rings. The first-order chi connectivity index (χ1) is 9.56. The van der Waals surface area contributed by atoms with E-state index in [1.54, 1.807) is 17.0 Å². The fourth-order valence-corrected chi connectivity index (χ4v) is 2.65. The standard InChI is InChI=1S/C13H15ClINO4/c1-19-12-5-11(15)10(14)4-9(12)13(18)16-2-3-20-8(6-16)7-17/h4-5,8,17H,2-3,6-7H2,1H3. The van der Waals surface area contributed by atoms with Gasteiger partial charge in [-0.2, -0.15) is 0 Å². The largest absolute Gasteiger partial charge is 0.496 e. The summed E-state index contributed by atoms with van der Waals surface area (Å²) in [6.45, 7) is 1.16. The molecular formula is C13H15ClINO4. The van der Waals surface area contributed by atoms with Gasteiger partial charge in [0.05, 0.1) is 37.0 Å². The van der Waals surface area contributed by atoms with Crippen LogP contribution in [0.3, 0.4) is 0 Å². The van der Waals surface area contributed by atoms with Crippen molar-refractivity contribution in [1.82, 2.24) is 4.90 Å². The zero-order valence-corrected chi connectivity index (χ0v) is 13.8. The molecule has 1 aromatic rings. The van der Waals surface area contributed by atoms with E-state index in [0.717, 1.165) is 3.57 Å². The first-order valence-corrected chi connectivity index (χ1v) is 7.57. The van der Waals surface area contributed by atoms with Gasteiger partial charge in [-0.05, 0) is 34.7 Å². The van der Waals surface area contributed by atoms with Gasteiger partial charge in [0, 0.05) is 16.7 Å². The van der Waals surface area contributed by atoms with Crippen molar-refractivity contribution in [3.8, 4) is 5.75 Å². The second-order valence-electron chi connectivity index (χ2n) is 4.39. The zero-order chi connectivity index (χ0) is 14.7. The van der Waals surface area contributed by atoms with Crippen molar-refractivity contribution in [2.75, 3.05) is 33.4 Å². The minimum Gasteiger partial charge on any atom is -0.496 e. The van der Waals surface area contributed by atoms with Crippen LogP contribution in [0.25, 0.3) is 0 Å². The van der Waals surface area contributed by atoms with Crippen LogP contribution in [-0.4, -0.2) is 55.4 Å². The van der Waals surface area contributed by atoms with E-state index in [9.17, 15) is 4.79 Å². The molecule has 1 aliphatic heterocycles. The molecule has 110 valence electrons. The average molecular weight is 412 g/mol. The highest BCUT2D eigenvalue weighted by molar-refractivity contribution is 14.1. The van der Waals surface area contributed by atoms with Crippen LogP contribution in [-0.2, 0) is 4.74 Å². The predicted octanol–water partition coefficient (Wildman–Crippen LogP) is 1.79. The molecule has 0 radical (unpaired) electrons. The maximum atomic E-state index is 12.6. The highest BCUT2D eigenvalue weighted by Gasteiger charge is 2.27. The number of benzene rings is 1. The van der Waals surface area contributed by atoms with Crippen LogP contribution < -0.4 is 4.74 Å². The minimum absolute atomic E-state index is 0.103. The molecule has 1 aromatic carbocycles. The predicted molar refractivity (Wildman–Crippen MR) is 83.5 cm³/mol. The third-order valence-electron chi connectivity index (χ3n) is 3.10. The van der Waals surface area contributed by atoms with Crippen LogP contribution in [0.5, 0.6) is 5.75 Å². The van der Waals surface area contributed by atoms with Crippen LogP contribution in [0.2, 0.25) is 5.02 Å². The summed E-state index contributed by atoms with van der Waals surface area (Å²) in [7, 11) is 1.52. The van der Waals surface area contributed by atoms with Crippen LogP contribution in [0.15, 0.2) is 12.1 Å². The second kappa shape index (κ2) is 6.93. The Kier molecular flexibility index (Phi) is 5.48. The van der Waals surface area contributed by atoms with Crippen molar-refractivity contribution in [1.29, 1.82) is 0 Å². The Labute approximate surface area is 135 Å². The summed E-state index contributed by atoms with van der Waals surface area (Å²) in [5, 5.41) is 9.65. The molecule has 1 fully saturated rings. The summed E-state index contributed by atoms with van der Waals surface area (Å²) < 4.78 is 11.4. The van der Waals surface area contributed by atoms with Gasteiger partial charge in [0.1, 0.15) is 5.75 Å². The van der Waals surface area contributed by atoms with Crippen molar-refractivity contribution in [2.24, 2.45) is 0 Å². The average Bonchev–Trinajstić information content (AvgIpc) is 2.48. The van der Waals surface area contributed by atoms with E-state index in [1.807, 2.05) is 0 Å². The van der Waals surface area contributed by atoms with E-state index in [2.05, 4.69) is 22.6 Å². The molecule has 1 saturated heterocycles. The number of rotatable bonds is 3. The summed E-state index contributed by atoms with van der Waals surface area (Å²) in [5.74, 6) is 0.331. The van der Waals surface area contributed by atoms with Crippen molar-refractivity contribution < 1.29 is 19.4 Å². The van der Waals surface area contributed by atoms with Crippen LogP contribution >= 0.6 is 34.2 Å². The second-order valence-corrected chi connectivity index (χ2v) is 5.96. The van der Waals surface area contributed by atoms with Gasteiger partial charge in [-0.1, -0.05) is 11.6 Å². The van der Waals surface area contributed by atoms with E-state index < -0.39 is 0 Å². The summed E-state index contributed by atoms with van der Waals surface area (Å²) in [5.41, 5.74) is 0.427. The molecule has 1 heterocycles. The lowest BCUT2D eigenvalue weighted by molar-refractivity contribution is -0.0447. The smallest absolute Gasteiger partial charge is 0.257 e. The van der Waals surface area contributed by atoms with Gasteiger partial charge in [-0.3, -0.25) is 4.79 Å². The molecule has 0 aliphatic carbocycles. The lowest BCUT2D eigenvalue weighted by Gasteiger charge is -2.32. The van der Waals surface area contributed by atoms with Crippen molar-refractivity contribution in [2.45, 2.75) is 6.10 Å². The molecule has 1 N–H and O–H groups in total. The molecule has 7 heteroatoms. The molecule has 1 amide bonds. The van der Waals surface area contributed by atoms with E-state index in [1.165, 1.54) is 7.11 Å².